The van der Waals surface area contributed by atoms with Crippen LogP contribution in [-0.4, -0.2) is 4.57 Å². The van der Waals surface area contributed by atoms with E-state index in [2.05, 4.69) is 249 Å². The second kappa shape index (κ2) is 14.6. The van der Waals surface area contributed by atoms with Gasteiger partial charge in [-0.2, -0.15) is 0 Å². The zero-order chi connectivity index (χ0) is 46.2. The molecule has 2 heterocycles. The first-order valence-electron chi connectivity index (χ1n) is 24.8. The van der Waals surface area contributed by atoms with Crippen molar-refractivity contribution in [1.82, 2.24) is 4.57 Å². The molecule has 14 rings (SSSR count). The van der Waals surface area contributed by atoms with Crippen molar-refractivity contribution in [3.05, 3.63) is 262 Å². The topological polar surface area (TPSA) is 8.17 Å². The summed E-state index contributed by atoms with van der Waals surface area (Å²) in [6.07, 6.45) is 12.2. The molecular weight excluding hydrogens is 833 g/mol. The van der Waals surface area contributed by atoms with E-state index in [0.29, 0.717) is 0 Å². The molecule has 0 bridgehead atoms. The molecule has 0 fully saturated rings. The molecule has 0 saturated carbocycles. The quantitative estimate of drug-likeness (QED) is 0.156. The minimum absolute atomic E-state index is 0.162. The predicted molar refractivity (Wildman–Crippen MR) is 289 cm³/mol. The summed E-state index contributed by atoms with van der Waals surface area (Å²) in [7, 11) is 0. The molecule has 1 aliphatic heterocycles. The average Bonchev–Trinajstić information content (AvgIpc) is 3.86. The standard InChI is InChI=1S/C67H52N2/c1-65(2)53-27-13-11-24-48(53)49-37-35-46(41-59(49)65)68(62-39-34-45(43-20-7-5-8-21-43)40-52(62)44-22-9-6-10-23-44)47-36-38-56-60(42-47)66(3,4)54-28-14-15-29-55(54)67(56)57-30-16-18-33-63(57)69-61-32-17-12-25-50(61)51-26-19-31-58(67)64(51)69/h5-12,14-17,19-23,25-32,34-42H,18,24,33H2,1-4H3. The van der Waals surface area contributed by atoms with Gasteiger partial charge in [-0.25, -0.2) is 0 Å². The first-order chi connectivity index (χ1) is 33.8. The van der Waals surface area contributed by atoms with Gasteiger partial charge in [0.2, 0.25) is 0 Å². The Morgan fingerprint density at radius 1 is 0.507 bits per heavy atom. The van der Waals surface area contributed by atoms with Crippen LogP contribution < -0.4 is 4.90 Å². The van der Waals surface area contributed by atoms with Crippen LogP contribution >= 0.6 is 0 Å². The highest BCUT2D eigenvalue weighted by Crippen LogP contribution is 2.62. The summed E-state index contributed by atoms with van der Waals surface area (Å²) < 4.78 is 2.63. The van der Waals surface area contributed by atoms with Crippen molar-refractivity contribution in [3.8, 4) is 22.3 Å². The molecule has 0 radical (unpaired) electrons. The van der Waals surface area contributed by atoms with E-state index < -0.39 is 5.41 Å². The van der Waals surface area contributed by atoms with E-state index in [0.717, 1.165) is 36.3 Å². The largest absolute Gasteiger partial charge is 0.312 e. The maximum absolute atomic E-state index is 3.46. The molecule has 9 aromatic rings. The second-order valence-electron chi connectivity index (χ2n) is 20.8. The van der Waals surface area contributed by atoms with Crippen LogP contribution in [0, 0.1) is 0 Å². The molecule has 0 saturated heterocycles. The van der Waals surface area contributed by atoms with E-state index in [1.165, 1.54) is 105 Å². The number of para-hydroxylation sites is 2. The number of rotatable bonds is 5. The lowest BCUT2D eigenvalue weighted by molar-refractivity contribution is 0.555. The van der Waals surface area contributed by atoms with Gasteiger partial charge in [0.05, 0.1) is 22.1 Å². The summed E-state index contributed by atoms with van der Waals surface area (Å²) in [5.41, 5.74) is 28.5. The highest BCUT2D eigenvalue weighted by molar-refractivity contribution is 6.13. The molecule has 1 aromatic heterocycles. The average molecular weight is 885 g/mol. The first kappa shape index (κ1) is 40.2. The molecule has 8 aromatic carbocycles. The molecule has 0 amide bonds. The van der Waals surface area contributed by atoms with Crippen LogP contribution in [0.3, 0.4) is 0 Å². The Labute approximate surface area is 405 Å². The monoisotopic (exact) mass is 884 g/mol. The van der Waals surface area contributed by atoms with Crippen LogP contribution in [0.15, 0.2) is 223 Å². The summed E-state index contributed by atoms with van der Waals surface area (Å²) in [4.78, 5) is 2.56. The third-order valence-electron chi connectivity index (χ3n) is 16.6. The minimum Gasteiger partial charge on any atom is -0.312 e. The molecule has 1 atom stereocenters. The number of allylic oxidation sites excluding steroid dienone is 7. The van der Waals surface area contributed by atoms with Crippen molar-refractivity contribution in [2.24, 2.45) is 0 Å². The minimum atomic E-state index is -0.530. The number of hydrogen-bond acceptors (Lipinski definition) is 1. The zero-order valence-electron chi connectivity index (χ0n) is 39.6. The highest BCUT2D eigenvalue weighted by atomic mass is 15.1. The number of benzene rings is 8. The van der Waals surface area contributed by atoms with Crippen molar-refractivity contribution in [3.63, 3.8) is 0 Å². The van der Waals surface area contributed by atoms with Gasteiger partial charge in [-0.15, -0.1) is 5.73 Å². The fourth-order valence-corrected chi connectivity index (χ4v) is 13.4. The van der Waals surface area contributed by atoms with Crippen LogP contribution in [0.2, 0.25) is 0 Å². The van der Waals surface area contributed by atoms with Crippen LogP contribution in [0.25, 0.3) is 55.3 Å². The molecule has 330 valence electrons. The third kappa shape index (κ3) is 5.44. The van der Waals surface area contributed by atoms with Gasteiger partial charge in [-0.1, -0.05) is 179 Å². The van der Waals surface area contributed by atoms with Gasteiger partial charge in [0.15, 0.2) is 0 Å². The summed E-state index contributed by atoms with van der Waals surface area (Å²) in [5, 5.41) is 2.64. The first-order valence-corrected chi connectivity index (χ1v) is 24.8. The van der Waals surface area contributed by atoms with Gasteiger partial charge < -0.3 is 9.47 Å². The van der Waals surface area contributed by atoms with Gasteiger partial charge in [0.25, 0.3) is 0 Å². The van der Waals surface area contributed by atoms with Crippen molar-refractivity contribution in [1.29, 1.82) is 0 Å². The second-order valence-corrected chi connectivity index (χ2v) is 20.8. The number of hydrogen-bond donors (Lipinski definition) is 0. The molecule has 0 N–H and O–H groups in total. The van der Waals surface area contributed by atoms with Crippen molar-refractivity contribution < 1.29 is 0 Å². The van der Waals surface area contributed by atoms with E-state index in [1.807, 2.05) is 0 Å². The lowest BCUT2D eigenvalue weighted by Crippen LogP contribution is -2.44. The Bertz CT molecular complexity index is 3840. The van der Waals surface area contributed by atoms with Crippen LogP contribution in [-0.2, 0) is 16.2 Å². The summed E-state index contributed by atoms with van der Waals surface area (Å²) in [6, 6.07) is 69.2. The van der Waals surface area contributed by atoms with E-state index in [1.54, 1.807) is 0 Å². The van der Waals surface area contributed by atoms with Crippen molar-refractivity contribution >= 4 is 50.1 Å². The maximum Gasteiger partial charge on any atom is 0.0745 e. The summed E-state index contributed by atoms with van der Waals surface area (Å²) in [6.45, 7) is 9.69. The molecule has 1 unspecified atom stereocenters. The number of anilines is 3. The number of nitrogens with zero attached hydrogens (tertiary/aromatic N) is 2. The van der Waals surface area contributed by atoms with E-state index in [9.17, 15) is 0 Å². The molecular formula is C67H52N2. The Morgan fingerprint density at radius 2 is 1.19 bits per heavy atom. The fourth-order valence-electron chi connectivity index (χ4n) is 13.4. The molecule has 1 spiro atoms. The third-order valence-corrected chi connectivity index (χ3v) is 16.6. The molecule has 69 heavy (non-hydrogen) atoms. The number of aromatic nitrogens is 1. The molecule has 2 heteroatoms. The Hall–Kier alpha value is -7.90. The predicted octanol–water partition coefficient (Wildman–Crippen LogP) is 17.3. The van der Waals surface area contributed by atoms with Crippen molar-refractivity contribution in [2.75, 3.05) is 4.90 Å². The van der Waals surface area contributed by atoms with Crippen molar-refractivity contribution in [2.45, 2.75) is 63.2 Å². The van der Waals surface area contributed by atoms with E-state index in [4.69, 9.17) is 0 Å². The molecule has 4 aliphatic carbocycles. The van der Waals surface area contributed by atoms with Gasteiger partial charge in [0, 0.05) is 44.2 Å². The van der Waals surface area contributed by atoms with Gasteiger partial charge in [-0.05, 0) is 146 Å². The van der Waals surface area contributed by atoms with Gasteiger partial charge in [-0.3, -0.25) is 0 Å². The normalized spacial score (nSPS) is 18.6. The van der Waals surface area contributed by atoms with Gasteiger partial charge in [0.1, 0.15) is 0 Å². The Kier molecular flexibility index (Phi) is 8.48. The maximum atomic E-state index is 3.46. The molecule has 5 aliphatic rings. The van der Waals surface area contributed by atoms with E-state index in [-0.39, 0.29) is 10.8 Å². The summed E-state index contributed by atoms with van der Waals surface area (Å²) >= 11 is 0. The lowest BCUT2D eigenvalue weighted by atomic mass is 9.52. The Morgan fingerprint density at radius 3 is 2.01 bits per heavy atom. The van der Waals surface area contributed by atoms with Gasteiger partial charge >= 0.3 is 0 Å². The van der Waals surface area contributed by atoms with Crippen LogP contribution in [0.5, 0.6) is 0 Å². The fraction of sp³-hybridized carbons (Fsp3) is 0.149. The smallest absolute Gasteiger partial charge is 0.0745 e. The van der Waals surface area contributed by atoms with E-state index >= 15 is 0 Å². The Balaban J connectivity index is 1.06. The summed E-state index contributed by atoms with van der Waals surface area (Å²) in [5.74, 6) is 0. The van der Waals surface area contributed by atoms with Crippen LogP contribution in [0.1, 0.15) is 85.9 Å². The highest BCUT2D eigenvalue weighted by Gasteiger charge is 2.53. The SMILES string of the molecule is CC1(C)C2=C(CC=C=C2)c2ccc(N(c3ccc4c(c3)C(C)(C)c3ccccc3C43C4=C(CCC=C4)n4c5ccccc5c5cccc3c54)c3ccc(-c4ccccc4)cc3-c3ccccc3)cc21. The van der Waals surface area contributed by atoms with Crippen LogP contribution in [0.4, 0.5) is 17.1 Å². The number of fused-ring (bicyclic) bond motifs is 12. The zero-order valence-corrected chi connectivity index (χ0v) is 39.6. The lowest BCUT2D eigenvalue weighted by Gasteiger charge is -2.51. The molecule has 2 nitrogen and oxygen atoms in total.